The zero-order valence-corrected chi connectivity index (χ0v) is 16.9. The number of carbonyl (C=O) groups is 1. The smallest absolute Gasteiger partial charge is 0.219 e. The van der Waals surface area contributed by atoms with E-state index >= 15 is 0 Å². The number of piperidine rings is 1. The van der Waals surface area contributed by atoms with Crippen LogP contribution in [0.5, 0.6) is 0 Å². The Morgan fingerprint density at radius 3 is 3.07 bits per heavy atom. The molecule has 0 saturated carbocycles. The summed E-state index contributed by atoms with van der Waals surface area (Å²) in [5.74, 6) is 1.10. The molecule has 0 spiro atoms. The molecule has 3 rings (SSSR count). The van der Waals surface area contributed by atoms with Gasteiger partial charge < -0.3 is 15.6 Å². The first-order valence-electron chi connectivity index (χ1n) is 8.89. The van der Waals surface area contributed by atoms with Gasteiger partial charge in [0.2, 0.25) is 5.91 Å². The van der Waals surface area contributed by atoms with Gasteiger partial charge in [0.25, 0.3) is 0 Å². The average Bonchev–Trinajstić information content (AvgIpc) is 3.06. The van der Waals surface area contributed by atoms with Gasteiger partial charge in [-0.3, -0.25) is 4.79 Å². The number of nitrogens with zero attached hydrogens (tertiary/aromatic N) is 4. The summed E-state index contributed by atoms with van der Waals surface area (Å²) < 4.78 is 2.56. The minimum atomic E-state index is 0.106. The van der Waals surface area contributed by atoms with Crippen LogP contribution in [-0.4, -0.2) is 51.3 Å². The van der Waals surface area contributed by atoms with E-state index in [1.807, 2.05) is 11.0 Å². The van der Waals surface area contributed by atoms with Crippen LogP contribution >= 0.6 is 15.9 Å². The number of fused-ring (bicyclic) bond motifs is 1. The van der Waals surface area contributed by atoms with Gasteiger partial charge in [0, 0.05) is 44.8 Å². The first kappa shape index (κ1) is 19.3. The molecule has 2 N–H and O–H groups in total. The summed E-state index contributed by atoms with van der Waals surface area (Å²) >= 11 is 3.51. The van der Waals surface area contributed by atoms with E-state index < -0.39 is 0 Å². The van der Waals surface area contributed by atoms with E-state index in [0.717, 1.165) is 46.6 Å². The number of amides is 1. The van der Waals surface area contributed by atoms with Crippen molar-refractivity contribution < 1.29 is 4.79 Å². The first-order valence-corrected chi connectivity index (χ1v) is 9.68. The third-order valence-electron chi connectivity index (χ3n) is 4.72. The highest BCUT2D eigenvalue weighted by Crippen LogP contribution is 2.29. The highest BCUT2D eigenvalue weighted by molar-refractivity contribution is 9.10. The van der Waals surface area contributed by atoms with Crippen LogP contribution in [0.3, 0.4) is 0 Å². The quantitative estimate of drug-likeness (QED) is 0.542. The van der Waals surface area contributed by atoms with E-state index in [1.165, 1.54) is 6.21 Å². The molecule has 2 aromatic heterocycles. The van der Waals surface area contributed by atoms with Gasteiger partial charge in [-0.15, -0.1) is 0 Å². The monoisotopic (exact) mass is 430 g/mol. The normalized spacial score (nSPS) is 17.8. The molecule has 1 amide bonds. The molecule has 1 fully saturated rings. The van der Waals surface area contributed by atoms with E-state index in [0.29, 0.717) is 13.1 Å². The fourth-order valence-electron chi connectivity index (χ4n) is 3.30. The van der Waals surface area contributed by atoms with Gasteiger partial charge >= 0.3 is 0 Å². The summed E-state index contributed by atoms with van der Waals surface area (Å²) in [7, 11) is 0. The molecule has 7 nitrogen and oxygen atoms in total. The molecular weight excluding hydrogens is 408 g/mol. The van der Waals surface area contributed by atoms with Crippen LogP contribution in [0.15, 0.2) is 41.0 Å². The maximum Gasteiger partial charge on any atom is 0.219 e. The molecule has 0 aliphatic carbocycles. The summed E-state index contributed by atoms with van der Waals surface area (Å²) in [6.07, 6.45) is 8.46. The van der Waals surface area contributed by atoms with Gasteiger partial charge in [0.05, 0.1) is 16.4 Å². The van der Waals surface area contributed by atoms with Crippen LogP contribution in [0.2, 0.25) is 0 Å². The molecule has 1 aliphatic heterocycles. The molecule has 8 heteroatoms. The predicted molar refractivity (Wildman–Crippen MR) is 110 cm³/mol. The maximum atomic E-state index is 11.8. The molecule has 1 unspecified atom stereocenters. The summed E-state index contributed by atoms with van der Waals surface area (Å²) in [5.41, 5.74) is 2.49. The third-order valence-corrected chi connectivity index (χ3v) is 5.28. The number of allylic oxidation sites excluding steroid dienone is 2. The van der Waals surface area contributed by atoms with Crippen molar-refractivity contribution in [2.24, 2.45) is 0 Å². The van der Waals surface area contributed by atoms with E-state index in [9.17, 15) is 4.79 Å². The van der Waals surface area contributed by atoms with Gasteiger partial charge in [-0.05, 0) is 34.3 Å². The highest BCUT2D eigenvalue weighted by atomic mass is 79.9. The average molecular weight is 431 g/mol. The van der Waals surface area contributed by atoms with Crippen LogP contribution in [-0.2, 0) is 4.79 Å². The van der Waals surface area contributed by atoms with Crippen molar-refractivity contribution in [2.75, 3.05) is 25.0 Å². The molecule has 3 heterocycles. The van der Waals surface area contributed by atoms with E-state index in [4.69, 9.17) is 10.4 Å². The topological polar surface area (TPSA) is 86.4 Å². The lowest BCUT2D eigenvalue weighted by atomic mass is 9.94. The zero-order valence-electron chi connectivity index (χ0n) is 15.3. The van der Waals surface area contributed by atoms with Crippen molar-refractivity contribution in [3.8, 4) is 0 Å². The summed E-state index contributed by atoms with van der Waals surface area (Å²) in [6.45, 7) is 7.27. The predicted octanol–water partition coefficient (Wildman–Crippen LogP) is 3.39. The van der Waals surface area contributed by atoms with Crippen molar-refractivity contribution in [1.82, 2.24) is 19.5 Å². The second-order valence-electron chi connectivity index (χ2n) is 6.57. The number of hydrogen-bond acceptors (Lipinski definition) is 5. The van der Waals surface area contributed by atoms with Gasteiger partial charge in [0.15, 0.2) is 5.65 Å². The Balaban J connectivity index is 1.93. The number of anilines is 1. The molecule has 1 saturated heterocycles. The lowest BCUT2D eigenvalue weighted by Gasteiger charge is -2.32. The van der Waals surface area contributed by atoms with Crippen LogP contribution in [0.1, 0.15) is 31.4 Å². The molecule has 0 aromatic carbocycles. The number of aromatic nitrogens is 3. The summed E-state index contributed by atoms with van der Waals surface area (Å²) in [4.78, 5) is 18.5. The van der Waals surface area contributed by atoms with Crippen molar-refractivity contribution >= 4 is 39.5 Å². The highest BCUT2D eigenvalue weighted by Gasteiger charge is 2.25. The Morgan fingerprint density at radius 1 is 1.56 bits per heavy atom. The van der Waals surface area contributed by atoms with Crippen molar-refractivity contribution in [3.05, 3.63) is 46.7 Å². The molecule has 1 atom stereocenters. The van der Waals surface area contributed by atoms with Crippen molar-refractivity contribution in [2.45, 2.75) is 25.7 Å². The first-order chi connectivity index (χ1) is 13.0. The minimum absolute atomic E-state index is 0.106. The van der Waals surface area contributed by atoms with Gasteiger partial charge in [-0.1, -0.05) is 18.7 Å². The van der Waals surface area contributed by atoms with Gasteiger partial charge in [-0.25, -0.2) is 4.98 Å². The Kier molecular flexibility index (Phi) is 6.05. The zero-order chi connectivity index (χ0) is 19.4. The Labute approximate surface area is 166 Å². The van der Waals surface area contributed by atoms with Crippen LogP contribution in [0.25, 0.3) is 5.65 Å². The fourth-order valence-corrected chi connectivity index (χ4v) is 3.64. The number of carbonyl (C=O) groups excluding carboxylic acids is 1. The molecule has 0 bridgehead atoms. The number of hydrogen-bond donors (Lipinski definition) is 2. The number of rotatable bonds is 6. The molecule has 27 heavy (non-hydrogen) atoms. The van der Waals surface area contributed by atoms with Crippen LogP contribution < -0.4 is 5.32 Å². The summed E-state index contributed by atoms with van der Waals surface area (Å²) in [6, 6.07) is 2.00. The van der Waals surface area contributed by atoms with E-state index in [2.05, 4.69) is 32.9 Å². The van der Waals surface area contributed by atoms with Crippen LogP contribution in [0, 0.1) is 5.41 Å². The number of halogens is 1. The van der Waals surface area contributed by atoms with Gasteiger partial charge in [0.1, 0.15) is 5.82 Å². The largest absolute Gasteiger partial charge is 0.366 e. The van der Waals surface area contributed by atoms with Crippen LogP contribution in [0.4, 0.5) is 5.82 Å². The minimum Gasteiger partial charge on any atom is -0.366 e. The second kappa shape index (κ2) is 8.47. The van der Waals surface area contributed by atoms with Crippen molar-refractivity contribution in [3.63, 3.8) is 0 Å². The Morgan fingerprint density at radius 2 is 2.37 bits per heavy atom. The lowest BCUT2D eigenvalue weighted by molar-refractivity contribution is -0.130. The molecule has 0 radical (unpaired) electrons. The molecule has 2 aromatic rings. The third kappa shape index (κ3) is 4.27. The summed E-state index contributed by atoms with van der Waals surface area (Å²) in [5, 5.41) is 15.2. The van der Waals surface area contributed by atoms with E-state index in [-0.39, 0.29) is 11.8 Å². The maximum absolute atomic E-state index is 11.8. The van der Waals surface area contributed by atoms with Gasteiger partial charge in [-0.2, -0.15) is 9.61 Å². The number of nitrogens with one attached hydrogen (secondary N) is 2. The molecule has 1 aliphatic rings. The second-order valence-corrected chi connectivity index (χ2v) is 7.43. The number of likely N-dealkylation sites (tertiary alicyclic amines) is 1. The Hall–Kier alpha value is -2.48. The van der Waals surface area contributed by atoms with E-state index in [1.54, 1.807) is 29.8 Å². The Bertz CT molecular complexity index is 903. The standard InChI is InChI=1S/C19H23BrN6O/c1-3-5-14(9-21)10-22-18-8-17(24-19-16(20)11-23-26(18)19)15-6-4-7-25(12-15)13(2)27/h3,5,8-9,11,15,21-22H,1,4,6-7,10,12H2,2H3/b14-5+,21-9?. The fraction of sp³-hybridized carbons (Fsp3) is 0.368. The van der Waals surface area contributed by atoms with Crippen molar-refractivity contribution in [1.29, 1.82) is 5.41 Å². The lowest BCUT2D eigenvalue weighted by Crippen LogP contribution is -2.37. The molecular formula is C19H23BrN6O. The molecule has 142 valence electrons. The SMILES string of the molecule is C=C/C=C(\C=N)CNc1cc(C2CCCN(C(C)=O)C2)nc2c(Br)cnn12.